The maximum Gasteiger partial charge on any atom is 0.363 e. The third kappa shape index (κ3) is 4.68. The van der Waals surface area contributed by atoms with Gasteiger partial charge in [0.05, 0.1) is 13.7 Å². The number of aliphatic imine (C=N–C) groups is 1. The second-order valence-corrected chi connectivity index (χ2v) is 6.39. The Balaban J connectivity index is 1.82. The van der Waals surface area contributed by atoms with Crippen molar-refractivity contribution in [1.29, 1.82) is 0 Å². The number of ether oxygens (including phenoxy) is 3. The van der Waals surface area contributed by atoms with Crippen molar-refractivity contribution in [2.75, 3.05) is 13.7 Å². The number of rotatable bonds is 7. The normalized spacial score (nSPS) is 14.9. The highest BCUT2D eigenvalue weighted by molar-refractivity contribution is 6.30. The van der Waals surface area contributed by atoms with Crippen molar-refractivity contribution in [3.05, 3.63) is 64.3 Å². The van der Waals surface area contributed by atoms with E-state index < -0.39 is 5.97 Å². The number of unbranched alkanes of at least 4 members (excludes halogenated alkanes) is 1. The summed E-state index contributed by atoms with van der Waals surface area (Å²) in [6.45, 7) is 2.74. The first-order valence-electron chi connectivity index (χ1n) is 8.70. The maximum absolute atomic E-state index is 12.1. The number of hydrogen-bond acceptors (Lipinski definition) is 5. The molecule has 0 aliphatic carbocycles. The number of esters is 1. The lowest BCUT2D eigenvalue weighted by Gasteiger charge is -2.10. The number of methoxy groups -OCH3 is 1. The molecule has 6 heteroatoms. The monoisotopic (exact) mass is 385 g/mol. The van der Waals surface area contributed by atoms with Crippen LogP contribution in [-0.4, -0.2) is 25.6 Å². The lowest BCUT2D eigenvalue weighted by atomic mass is 10.1. The van der Waals surface area contributed by atoms with Crippen LogP contribution in [0, 0.1) is 0 Å². The molecule has 0 bridgehead atoms. The summed E-state index contributed by atoms with van der Waals surface area (Å²) < 4.78 is 16.4. The minimum atomic E-state index is -0.498. The molecule has 0 radical (unpaired) electrons. The first-order valence-corrected chi connectivity index (χ1v) is 9.08. The van der Waals surface area contributed by atoms with E-state index in [1.165, 1.54) is 0 Å². The summed E-state index contributed by atoms with van der Waals surface area (Å²) in [5.41, 5.74) is 1.68. The van der Waals surface area contributed by atoms with Crippen molar-refractivity contribution >= 4 is 29.5 Å². The number of hydrogen-bond donors (Lipinski definition) is 0. The number of carbonyl (C=O) groups excluding carboxylic acids is 1. The summed E-state index contributed by atoms with van der Waals surface area (Å²) in [7, 11) is 1.58. The molecule has 0 saturated carbocycles. The zero-order chi connectivity index (χ0) is 19.2. The zero-order valence-corrected chi connectivity index (χ0v) is 16.0. The van der Waals surface area contributed by atoms with E-state index >= 15 is 0 Å². The molecule has 5 nitrogen and oxygen atoms in total. The van der Waals surface area contributed by atoms with Crippen LogP contribution in [0.2, 0.25) is 5.02 Å². The lowest BCUT2D eigenvalue weighted by Crippen LogP contribution is -2.05. The van der Waals surface area contributed by atoms with E-state index in [4.69, 9.17) is 25.8 Å². The Morgan fingerprint density at radius 2 is 1.93 bits per heavy atom. The highest BCUT2D eigenvalue weighted by Crippen LogP contribution is 2.30. The molecule has 2 aromatic rings. The lowest BCUT2D eigenvalue weighted by molar-refractivity contribution is -0.129. The Morgan fingerprint density at radius 3 is 2.63 bits per heavy atom. The fraction of sp³-hybridized carbons (Fsp3) is 0.238. The molecule has 0 atom stereocenters. The summed E-state index contributed by atoms with van der Waals surface area (Å²) in [5.74, 6) is 1.04. The molecule has 0 spiro atoms. The van der Waals surface area contributed by atoms with Gasteiger partial charge in [-0.25, -0.2) is 9.79 Å². The molecule has 3 rings (SSSR count). The number of cyclic esters (lactones) is 1. The SMILES string of the molecule is CCCCOc1ccc(/C=C2/N=C(c3ccc(Cl)cc3)OC2=O)cc1OC. The predicted molar refractivity (Wildman–Crippen MR) is 105 cm³/mol. The van der Waals surface area contributed by atoms with Crippen molar-refractivity contribution in [1.82, 2.24) is 0 Å². The van der Waals surface area contributed by atoms with Crippen LogP contribution in [0.25, 0.3) is 6.08 Å². The van der Waals surface area contributed by atoms with Crippen LogP contribution in [0.1, 0.15) is 30.9 Å². The van der Waals surface area contributed by atoms with Crippen LogP contribution in [0.15, 0.2) is 53.2 Å². The Morgan fingerprint density at radius 1 is 1.15 bits per heavy atom. The molecule has 2 aromatic carbocycles. The Bertz CT molecular complexity index is 888. The number of nitrogens with zero attached hydrogens (tertiary/aromatic N) is 1. The highest BCUT2D eigenvalue weighted by atomic mass is 35.5. The molecule has 1 heterocycles. The quantitative estimate of drug-likeness (QED) is 0.387. The molecule has 1 aliphatic heterocycles. The molecule has 27 heavy (non-hydrogen) atoms. The van der Waals surface area contributed by atoms with Gasteiger partial charge >= 0.3 is 5.97 Å². The average molecular weight is 386 g/mol. The van der Waals surface area contributed by atoms with Crippen molar-refractivity contribution < 1.29 is 19.0 Å². The van der Waals surface area contributed by atoms with Crippen LogP contribution in [-0.2, 0) is 9.53 Å². The third-order valence-electron chi connectivity index (χ3n) is 3.96. The molecule has 0 N–H and O–H groups in total. The number of halogens is 1. The summed E-state index contributed by atoms with van der Waals surface area (Å²) in [4.78, 5) is 16.4. The van der Waals surface area contributed by atoms with Gasteiger partial charge in [0, 0.05) is 10.6 Å². The summed E-state index contributed by atoms with van der Waals surface area (Å²) in [6, 6.07) is 12.4. The molecule has 1 aliphatic rings. The molecular weight excluding hydrogens is 366 g/mol. The molecular formula is C21H20ClNO4. The van der Waals surface area contributed by atoms with Gasteiger partial charge in [-0.1, -0.05) is 31.0 Å². The minimum absolute atomic E-state index is 0.224. The van der Waals surface area contributed by atoms with Gasteiger partial charge < -0.3 is 14.2 Å². The topological polar surface area (TPSA) is 57.1 Å². The maximum atomic E-state index is 12.1. The van der Waals surface area contributed by atoms with Crippen molar-refractivity contribution in [2.45, 2.75) is 19.8 Å². The van der Waals surface area contributed by atoms with E-state index in [2.05, 4.69) is 11.9 Å². The van der Waals surface area contributed by atoms with E-state index in [0.717, 1.165) is 18.4 Å². The Labute approximate surface area is 163 Å². The molecule has 0 saturated heterocycles. The largest absolute Gasteiger partial charge is 0.493 e. The van der Waals surface area contributed by atoms with Crippen LogP contribution in [0.5, 0.6) is 11.5 Å². The first-order chi connectivity index (χ1) is 13.1. The van der Waals surface area contributed by atoms with E-state index in [1.54, 1.807) is 43.5 Å². The fourth-order valence-electron chi connectivity index (χ4n) is 2.50. The van der Waals surface area contributed by atoms with Crippen LogP contribution < -0.4 is 9.47 Å². The Kier molecular flexibility index (Phi) is 6.14. The standard InChI is InChI=1S/C21H20ClNO4/c1-3-4-11-26-18-10-5-14(13-19(18)25-2)12-17-21(24)27-20(23-17)15-6-8-16(22)9-7-15/h5-10,12-13H,3-4,11H2,1-2H3/b17-12+. The zero-order valence-electron chi connectivity index (χ0n) is 15.2. The first kappa shape index (κ1) is 19.0. The van der Waals surface area contributed by atoms with E-state index in [-0.39, 0.29) is 11.6 Å². The van der Waals surface area contributed by atoms with E-state index in [9.17, 15) is 4.79 Å². The number of carbonyl (C=O) groups is 1. The molecule has 0 fully saturated rings. The second-order valence-electron chi connectivity index (χ2n) is 5.96. The smallest absolute Gasteiger partial charge is 0.363 e. The van der Waals surface area contributed by atoms with E-state index in [1.807, 2.05) is 12.1 Å². The minimum Gasteiger partial charge on any atom is -0.493 e. The van der Waals surface area contributed by atoms with Crippen molar-refractivity contribution in [2.24, 2.45) is 4.99 Å². The van der Waals surface area contributed by atoms with Gasteiger partial charge in [0.1, 0.15) is 0 Å². The Hall–Kier alpha value is -2.79. The molecule has 0 aromatic heterocycles. The number of benzene rings is 2. The summed E-state index contributed by atoms with van der Waals surface area (Å²) >= 11 is 5.88. The summed E-state index contributed by atoms with van der Waals surface area (Å²) in [6.07, 6.45) is 3.69. The van der Waals surface area contributed by atoms with E-state index in [0.29, 0.717) is 28.7 Å². The van der Waals surface area contributed by atoms with Crippen molar-refractivity contribution in [3.63, 3.8) is 0 Å². The molecule has 140 valence electrons. The average Bonchev–Trinajstić information content (AvgIpc) is 3.04. The second kappa shape index (κ2) is 8.73. The van der Waals surface area contributed by atoms with Gasteiger partial charge in [-0.15, -0.1) is 0 Å². The fourth-order valence-corrected chi connectivity index (χ4v) is 2.63. The van der Waals surface area contributed by atoms with Gasteiger partial charge in [-0.05, 0) is 54.5 Å². The van der Waals surface area contributed by atoms with Gasteiger partial charge in [0.25, 0.3) is 0 Å². The summed E-state index contributed by atoms with van der Waals surface area (Å²) in [5, 5.41) is 0.604. The van der Waals surface area contributed by atoms with Gasteiger partial charge in [0.2, 0.25) is 5.90 Å². The van der Waals surface area contributed by atoms with Gasteiger partial charge in [0.15, 0.2) is 17.2 Å². The van der Waals surface area contributed by atoms with Crippen LogP contribution in [0.4, 0.5) is 0 Å². The van der Waals surface area contributed by atoms with Crippen LogP contribution >= 0.6 is 11.6 Å². The van der Waals surface area contributed by atoms with Crippen LogP contribution in [0.3, 0.4) is 0 Å². The highest BCUT2D eigenvalue weighted by Gasteiger charge is 2.24. The molecule has 0 unspecified atom stereocenters. The van der Waals surface area contributed by atoms with Gasteiger partial charge in [-0.3, -0.25) is 0 Å². The predicted octanol–water partition coefficient (Wildman–Crippen LogP) is 4.87. The molecule has 0 amide bonds. The third-order valence-corrected chi connectivity index (χ3v) is 4.21. The van der Waals surface area contributed by atoms with Crippen molar-refractivity contribution in [3.8, 4) is 11.5 Å². The van der Waals surface area contributed by atoms with Gasteiger partial charge in [-0.2, -0.15) is 0 Å².